The van der Waals surface area contributed by atoms with Gasteiger partial charge < -0.3 is 11.1 Å². The highest BCUT2D eigenvalue weighted by Crippen LogP contribution is 2.13. The Balaban J connectivity index is 2.71. The highest BCUT2D eigenvalue weighted by Gasteiger charge is 2.03. The number of aliphatic imine (C=N–C) groups is 1. The molecule has 0 saturated heterocycles. The normalized spacial score (nSPS) is 11.3. The van der Waals surface area contributed by atoms with Crippen molar-refractivity contribution in [2.75, 3.05) is 12.4 Å². The van der Waals surface area contributed by atoms with E-state index < -0.39 is 0 Å². The standard InChI is InChI=1S/C12H16ClN3O/c1-2-7-15-12(17)9-3-5-10(6-4-9)16-11(14)8-13/h3-6H,2,7-8H2,1H3,(H2,14,16)(H,15,17). The van der Waals surface area contributed by atoms with Gasteiger partial charge in [-0.3, -0.25) is 4.79 Å². The van der Waals surface area contributed by atoms with Crippen LogP contribution in [0.5, 0.6) is 0 Å². The highest BCUT2D eigenvalue weighted by atomic mass is 35.5. The summed E-state index contributed by atoms with van der Waals surface area (Å²) < 4.78 is 0. The summed E-state index contributed by atoms with van der Waals surface area (Å²) in [5.74, 6) is 0.473. The molecule has 0 saturated carbocycles. The molecular weight excluding hydrogens is 238 g/mol. The molecule has 0 fully saturated rings. The van der Waals surface area contributed by atoms with Gasteiger partial charge in [-0.25, -0.2) is 4.99 Å². The van der Waals surface area contributed by atoms with Crippen LogP contribution >= 0.6 is 11.6 Å². The van der Waals surface area contributed by atoms with Crippen LogP contribution in [0, 0.1) is 0 Å². The molecule has 0 radical (unpaired) electrons. The van der Waals surface area contributed by atoms with Gasteiger partial charge in [-0.1, -0.05) is 6.92 Å². The van der Waals surface area contributed by atoms with Crippen molar-refractivity contribution in [3.8, 4) is 0 Å². The molecule has 3 N–H and O–H groups in total. The lowest BCUT2D eigenvalue weighted by atomic mass is 10.2. The van der Waals surface area contributed by atoms with Gasteiger partial charge in [0, 0.05) is 12.1 Å². The highest BCUT2D eigenvalue weighted by molar-refractivity contribution is 6.28. The van der Waals surface area contributed by atoms with E-state index in [1.165, 1.54) is 0 Å². The van der Waals surface area contributed by atoms with Crippen molar-refractivity contribution >= 4 is 29.0 Å². The molecule has 0 heterocycles. The second-order valence-electron chi connectivity index (χ2n) is 3.54. The molecule has 0 aliphatic carbocycles. The van der Waals surface area contributed by atoms with Gasteiger partial charge in [0.05, 0.1) is 11.6 Å². The van der Waals surface area contributed by atoms with E-state index in [0.717, 1.165) is 6.42 Å². The van der Waals surface area contributed by atoms with Crippen LogP contribution < -0.4 is 11.1 Å². The number of nitrogens with one attached hydrogen (secondary N) is 1. The molecule has 1 amide bonds. The third kappa shape index (κ3) is 4.44. The van der Waals surface area contributed by atoms with Crippen LogP contribution in [-0.2, 0) is 0 Å². The molecule has 17 heavy (non-hydrogen) atoms. The summed E-state index contributed by atoms with van der Waals surface area (Å²) in [5.41, 5.74) is 6.81. The Kier molecular flexibility index (Phi) is 5.49. The summed E-state index contributed by atoms with van der Waals surface area (Å²) in [6.45, 7) is 2.69. The van der Waals surface area contributed by atoms with Crippen molar-refractivity contribution in [2.45, 2.75) is 13.3 Å². The number of carbonyl (C=O) groups is 1. The van der Waals surface area contributed by atoms with Gasteiger partial charge in [-0.05, 0) is 30.7 Å². The minimum absolute atomic E-state index is 0.0762. The molecule has 0 bridgehead atoms. The SMILES string of the molecule is CCCNC(=O)c1ccc(N=C(N)CCl)cc1. The molecule has 0 spiro atoms. The fourth-order valence-electron chi connectivity index (χ4n) is 1.22. The first-order valence-electron chi connectivity index (χ1n) is 5.44. The smallest absolute Gasteiger partial charge is 0.251 e. The Morgan fingerprint density at radius 1 is 1.41 bits per heavy atom. The summed E-state index contributed by atoms with van der Waals surface area (Å²) in [6, 6.07) is 6.90. The van der Waals surface area contributed by atoms with E-state index >= 15 is 0 Å². The molecule has 1 aromatic carbocycles. The van der Waals surface area contributed by atoms with Crippen molar-refractivity contribution in [2.24, 2.45) is 10.7 Å². The summed E-state index contributed by atoms with van der Waals surface area (Å²) in [4.78, 5) is 15.7. The largest absolute Gasteiger partial charge is 0.386 e. The van der Waals surface area contributed by atoms with Crippen molar-refractivity contribution in [3.63, 3.8) is 0 Å². The predicted octanol–water partition coefficient (Wildman–Crippen LogP) is 2.05. The van der Waals surface area contributed by atoms with Crippen molar-refractivity contribution in [1.29, 1.82) is 0 Å². The average Bonchev–Trinajstić information content (AvgIpc) is 2.36. The molecular formula is C12H16ClN3O. The molecule has 0 unspecified atom stereocenters. The van der Waals surface area contributed by atoms with Gasteiger partial charge in [0.2, 0.25) is 0 Å². The molecule has 4 nitrogen and oxygen atoms in total. The van der Waals surface area contributed by atoms with Gasteiger partial charge in [-0.2, -0.15) is 0 Å². The molecule has 1 rings (SSSR count). The van der Waals surface area contributed by atoms with Crippen molar-refractivity contribution in [1.82, 2.24) is 5.32 Å². The summed E-state index contributed by atoms with van der Waals surface area (Å²) >= 11 is 5.52. The summed E-state index contributed by atoms with van der Waals surface area (Å²) in [7, 11) is 0. The number of benzene rings is 1. The number of rotatable bonds is 5. The first kappa shape index (κ1) is 13.5. The number of hydrogen-bond acceptors (Lipinski definition) is 2. The second kappa shape index (κ2) is 6.91. The summed E-state index contributed by atoms with van der Waals surface area (Å²) in [6.07, 6.45) is 0.917. The zero-order chi connectivity index (χ0) is 12.7. The number of nitrogens with two attached hydrogens (primary N) is 1. The number of amidine groups is 1. The third-order valence-electron chi connectivity index (χ3n) is 2.07. The monoisotopic (exact) mass is 253 g/mol. The maximum absolute atomic E-state index is 11.6. The van der Waals surface area contributed by atoms with E-state index in [-0.39, 0.29) is 11.8 Å². The fourth-order valence-corrected chi connectivity index (χ4v) is 1.28. The first-order valence-corrected chi connectivity index (χ1v) is 5.98. The van der Waals surface area contributed by atoms with Gasteiger partial charge in [0.1, 0.15) is 5.84 Å². The van der Waals surface area contributed by atoms with Crippen LogP contribution in [0.1, 0.15) is 23.7 Å². The van der Waals surface area contributed by atoms with Gasteiger partial charge >= 0.3 is 0 Å². The number of nitrogens with zero attached hydrogens (tertiary/aromatic N) is 1. The maximum Gasteiger partial charge on any atom is 0.251 e. The van der Waals surface area contributed by atoms with E-state index in [2.05, 4.69) is 10.3 Å². The van der Waals surface area contributed by atoms with Gasteiger partial charge in [0.25, 0.3) is 5.91 Å². The van der Waals surface area contributed by atoms with E-state index in [0.29, 0.717) is 23.6 Å². The van der Waals surface area contributed by atoms with Crippen LogP contribution in [0.2, 0.25) is 0 Å². The first-order chi connectivity index (χ1) is 8.17. The molecule has 0 aliphatic rings. The number of halogens is 1. The van der Waals surface area contributed by atoms with Gasteiger partial charge in [-0.15, -0.1) is 11.6 Å². The van der Waals surface area contributed by atoms with Crippen LogP contribution in [0.25, 0.3) is 0 Å². The third-order valence-corrected chi connectivity index (χ3v) is 2.35. The zero-order valence-corrected chi connectivity index (χ0v) is 10.5. The van der Waals surface area contributed by atoms with Crippen LogP contribution in [0.4, 0.5) is 5.69 Å². The Morgan fingerprint density at radius 3 is 2.59 bits per heavy atom. The number of hydrogen-bond donors (Lipinski definition) is 2. The lowest BCUT2D eigenvalue weighted by Gasteiger charge is -2.03. The number of amides is 1. The van der Waals surface area contributed by atoms with E-state index in [1.54, 1.807) is 24.3 Å². The molecule has 0 atom stereocenters. The van der Waals surface area contributed by atoms with Crippen molar-refractivity contribution in [3.05, 3.63) is 29.8 Å². The van der Waals surface area contributed by atoms with Gasteiger partial charge in [0.15, 0.2) is 0 Å². The Bertz CT molecular complexity index is 401. The molecule has 5 heteroatoms. The number of carbonyl (C=O) groups excluding carboxylic acids is 1. The summed E-state index contributed by atoms with van der Waals surface area (Å²) in [5, 5.41) is 2.80. The molecule has 0 aromatic heterocycles. The molecule has 0 aliphatic heterocycles. The Hall–Kier alpha value is -1.55. The lowest BCUT2D eigenvalue weighted by molar-refractivity contribution is 0.0953. The Labute approximate surface area is 106 Å². The Morgan fingerprint density at radius 2 is 2.06 bits per heavy atom. The van der Waals surface area contributed by atoms with Crippen LogP contribution in [0.3, 0.4) is 0 Å². The lowest BCUT2D eigenvalue weighted by Crippen LogP contribution is -2.23. The topological polar surface area (TPSA) is 67.5 Å². The van der Waals surface area contributed by atoms with E-state index in [1.807, 2.05) is 6.92 Å². The predicted molar refractivity (Wildman–Crippen MR) is 71.1 cm³/mol. The minimum Gasteiger partial charge on any atom is -0.386 e. The van der Waals surface area contributed by atoms with Crippen LogP contribution in [0.15, 0.2) is 29.3 Å². The molecule has 1 aromatic rings. The maximum atomic E-state index is 11.6. The van der Waals surface area contributed by atoms with E-state index in [4.69, 9.17) is 17.3 Å². The van der Waals surface area contributed by atoms with Crippen molar-refractivity contribution < 1.29 is 4.79 Å². The van der Waals surface area contributed by atoms with Crippen LogP contribution in [-0.4, -0.2) is 24.2 Å². The number of alkyl halides is 1. The quantitative estimate of drug-likeness (QED) is 0.479. The average molecular weight is 254 g/mol. The second-order valence-corrected chi connectivity index (χ2v) is 3.81. The van der Waals surface area contributed by atoms with E-state index in [9.17, 15) is 4.79 Å². The zero-order valence-electron chi connectivity index (χ0n) is 9.74. The minimum atomic E-state index is -0.0762. The fraction of sp³-hybridized carbons (Fsp3) is 0.333. The molecule has 92 valence electrons.